The van der Waals surface area contributed by atoms with Crippen LogP contribution in [0.3, 0.4) is 0 Å². The van der Waals surface area contributed by atoms with Crippen LogP contribution in [0.25, 0.3) is 4.96 Å². The summed E-state index contributed by atoms with van der Waals surface area (Å²) in [5.74, 6) is 0.441. The number of hydrogen-bond donors (Lipinski definition) is 0. The summed E-state index contributed by atoms with van der Waals surface area (Å²) in [7, 11) is 0. The Kier molecular flexibility index (Phi) is 3.19. The van der Waals surface area contributed by atoms with Gasteiger partial charge >= 0.3 is 0 Å². The van der Waals surface area contributed by atoms with Crippen molar-refractivity contribution in [3.05, 3.63) is 9.90 Å². The summed E-state index contributed by atoms with van der Waals surface area (Å²) in [5.41, 5.74) is 0. The molecule has 0 radical (unpaired) electrons. The molecule has 4 heterocycles. The molecule has 0 aliphatic carbocycles. The highest BCUT2D eigenvalue weighted by Gasteiger charge is 2.42. The van der Waals surface area contributed by atoms with Gasteiger partial charge in [-0.3, -0.25) is 4.99 Å². The Morgan fingerprint density at radius 2 is 2.40 bits per heavy atom. The van der Waals surface area contributed by atoms with Crippen molar-refractivity contribution in [1.29, 1.82) is 0 Å². The second kappa shape index (κ2) is 4.92. The second-order valence-electron chi connectivity index (χ2n) is 5.18. The summed E-state index contributed by atoms with van der Waals surface area (Å²) in [4.78, 5) is 11.9. The maximum absolute atomic E-state index is 5.89. The predicted molar refractivity (Wildman–Crippen MR) is 87.0 cm³/mol. The SMILES string of the molecule is C=N[C@H]1CCO[C@H]2CN(c3nn4c(I)cnc4s3)C[C@H]12. The third-order valence-corrected chi connectivity index (χ3v) is 5.81. The van der Waals surface area contributed by atoms with Crippen LogP contribution in [0.2, 0.25) is 0 Å². The van der Waals surface area contributed by atoms with Gasteiger partial charge in [-0.25, -0.2) is 4.98 Å². The smallest absolute Gasteiger partial charge is 0.214 e. The van der Waals surface area contributed by atoms with Gasteiger partial charge in [-0.05, 0) is 35.7 Å². The monoisotopic (exact) mass is 403 g/mol. The number of nitrogens with zero attached hydrogens (tertiary/aromatic N) is 5. The van der Waals surface area contributed by atoms with E-state index in [-0.39, 0.29) is 6.10 Å². The molecule has 0 unspecified atom stereocenters. The van der Waals surface area contributed by atoms with Crippen molar-refractivity contribution >= 4 is 50.7 Å². The lowest BCUT2D eigenvalue weighted by Gasteiger charge is -2.29. The number of ether oxygens (including phenoxy) is 1. The average molecular weight is 403 g/mol. The van der Waals surface area contributed by atoms with Gasteiger partial charge in [0.2, 0.25) is 10.1 Å². The number of anilines is 1. The molecule has 0 aromatic carbocycles. The van der Waals surface area contributed by atoms with Crippen LogP contribution in [0, 0.1) is 9.62 Å². The molecule has 106 valence electrons. The first-order chi connectivity index (χ1) is 9.76. The minimum Gasteiger partial charge on any atom is -0.376 e. The lowest BCUT2D eigenvalue weighted by atomic mass is 9.92. The molecular formula is C12H14IN5OS. The molecule has 3 atom stereocenters. The molecule has 2 fully saturated rings. The van der Waals surface area contributed by atoms with Gasteiger partial charge < -0.3 is 9.64 Å². The molecule has 8 heteroatoms. The topological polar surface area (TPSA) is 55.0 Å². The molecule has 2 aliphatic heterocycles. The Bertz CT molecular complexity index is 655. The number of rotatable bonds is 2. The zero-order valence-electron chi connectivity index (χ0n) is 10.8. The molecular weight excluding hydrogens is 389 g/mol. The summed E-state index contributed by atoms with van der Waals surface area (Å²) in [6, 6.07) is 0.322. The minimum absolute atomic E-state index is 0.259. The zero-order chi connectivity index (χ0) is 13.7. The van der Waals surface area contributed by atoms with Crippen molar-refractivity contribution in [2.45, 2.75) is 18.6 Å². The predicted octanol–water partition coefficient (Wildman–Crippen LogP) is 1.69. The Balaban J connectivity index is 1.62. The molecule has 4 rings (SSSR count). The van der Waals surface area contributed by atoms with E-state index in [9.17, 15) is 0 Å². The third kappa shape index (κ3) is 1.96. The molecule has 2 aromatic heterocycles. The Morgan fingerprint density at radius 1 is 1.50 bits per heavy atom. The molecule has 0 amide bonds. The highest BCUT2D eigenvalue weighted by atomic mass is 127. The quantitative estimate of drug-likeness (QED) is 0.566. The molecule has 2 saturated heterocycles. The van der Waals surface area contributed by atoms with Crippen molar-refractivity contribution in [2.75, 3.05) is 24.6 Å². The summed E-state index contributed by atoms with van der Waals surface area (Å²) < 4.78 is 8.82. The van der Waals surface area contributed by atoms with Gasteiger partial charge in [-0.1, -0.05) is 11.3 Å². The number of fused-ring (bicyclic) bond motifs is 2. The largest absolute Gasteiger partial charge is 0.376 e. The lowest BCUT2D eigenvalue weighted by molar-refractivity contribution is -0.00839. The van der Waals surface area contributed by atoms with E-state index in [0.717, 1.165) is 39.9 Å². The highest BCUT2D eigenvalue weighted by molar-refractivity contribution is 14.1. The molecule has 2 aromatic rings. The molecule has 0 spiro atoms. The van der Waals surface area contributed by atoms with E-state index in [1.54, 1.807) is 11.3 Å². The van der Waals surface area contributed by atoms with Crippen LogP contribution >= 0.6 is 33.9 Å². The maximum atomic E-state index is 5.89. The van der Waals surface area contributed by atoms with Crippen molar-refractivity contribution in [1.82, 2.24) is 14.6 Å². The number of hydrogen-bond acceptors (Lipinski definition) is 6. The number of halogens is 1. The van der Waals surface area contributed by atoms with Crippen molar-refractivity contribution < 1.29 is 4.74 Å². The van der Waals surface area contributed by atoms with Crippen LogP contribution in [0.4, 0.5) is 5.13 Å². The lowest BCUT2D eigenvalue weighted by Crippen LogP contribution is -2.37. The summed E-state index contributed by atoms with van der Waals surface area (Å²) in [6.45, 7) is 6.36. The van der Waals surface area contributed by atoms with E-state index in [2.05, 4.69) is 49.3 Å². The number of aliphatic imine (C=N–C) groups is 1. The first-order valence-corrected chi connectivity index (χ1v) is 8.48. The number of imidazole rings is 1. The van der Waals surface area contributed by atoms with Gasteiger partial charge in [-0.15, -0.1) is 5.10 Å². The Labute approximate surface area is 134 Å². The standard InChI is InChI=1S/C12H14IN5OS/c1-14-8-2-3-19-9-6-17(5-7(8)9)12-16-18-10(13)4-15-11(18)20-12/h4,7-9H,1-3,5-6H2/t7-,8+,9+/m1/s1. The van der Waals surface area contributed by atoms with Crippen LogP contribution in [0.15, 0.2) is 11.2 Å². The minimum atomic E-state index is 0.259. The second-order valence-corrected chi connectivity index (χ2v) is 7.22. The van der Waals surface area contributed by atoms with Gasteiger partial charge in [0.05, 0.1) is 18.3 Å². The molecule has 0 saturated carbocycles. The normalized spacial score (nSPS) is 29.9. The molecule has 20 heavy (non-hydrogen) atoms. The highest BCUT2D eigenvalue weighted by Crippen LogP contribution is 2.35. The maximum Gasteiger partial charge on any atom is 0.214 e. The van der Waals surface area contributed by atoms with E-state index in [4.69, 9.17) is 4.74 Å². The van der Waals surface area contributed by atoms with Crippen LogP contribution in [0.5, 0.6) is 0 Å². The van der Waals surface area contributed by atoms with E-state index in [1.807, 2.05) is 10.7 Å². The molecule has 2 aliphatic rings. The zero-order valence-corrected chi connectivity index (χ0v) is 13.7. The Hall–Kier alpha value is -0.740. The molecule has 0 N–H and O–H groups in total. The van der Waals surface area contributed by atoms with Crippen molar-refractivity contribution in [2.24, 2.45) is 10.9 Å². The van der Waals surface area contributed by atoms with Crippen LogP contribution in [0.1, 0.15) is 6.42 Å². The molecule has 6 nitrogen and oxygen atoms in total. The number of aromatic nitrogens is 3. The fourth-order valence-electron chi connectivity index (χ4n) is 3.07. The van der Waals surface area contributed by atoms with Crippen LogP contribution in [-0.2, 0) is 4.74 Å². The first-order valence-electron chi connectivity index (χ1n) is 6.58. The summed E-state index contributed by atoms with van der Waals surface area (Å²) >= 11 is 3.88. The van der Waals surface area contributed by atoms with E-state index in [0.29, 0.717) is 12.0 Å². The fraction of sp³-hybridized carbons (Fsp3) is 0.583. The van der Waals surface area contributed by atoms with E-state index >= 15 is 0 Å². The van der Waals surface area contributed by atoms with Crippen molar-refractivity contribution in [3.63, 3.8) is 0 Å². The van der Waals surface area contributed by atoms with Crippen molar-refractivity contribution in [3.8, 4) is 0 Å². The van der Waals surface area contributed by atoms with Gasteiger partial charge in [0.25, 0.3) is 0 Å². The third-order valence-electron chi connectivity index (χ3n) is 4.09. The molecule has 0 bridgehead atoms. The van der Waals surface area contributed by atoms with Crippen LogP contribution < -0.4 is 4.90 Å². The Morgan fingerprint density at radius 3 is 3.20 bits per heavy atom. The summed E-state index contributed by atoms with van der Waals surface area (Å²) in [6.07, 6.45) is 3.08. The fourth-order valence-corrected chi connectivity index (χ4v) is 4.60. The average Bonchev–Trinajstić information content (AvgIpc) is 3.13. The van der Waals surface area contributed by atoms with Gasteiger partial charge in [0.15, 0.2) is 0 Å². The van der Waals surface area contributed by atoms with Gasteiger partial charge in [0.1, 0.15) is 3.70 Å². The van der Waals surface area contributed by atoms with E-state index in [1.165, 1.54) is 0 Å². The van der Waals surface area contributed by atoms with Gasteiger partial charge in [0, 0.05) is 25.6 Å². The van der Waals surface area contributed by atoms with Crippen LogP contribution in [-0.4, -0.2) is 53.2 Å². The first kappa shape index (κ1) is 13.0. The van der Waals surface area contributed by atoms with Gasteiger partial charge in [-0.2, -0.15) is 4.52 Å². The van der Waals surface area contributed by atoms with E-state index < -0.39 is 0 Å². The summed E-state index contributed by atoms with van der Waals surface area (Å²) in [5, 5.41) is 5.67.